The van der Waals surface area contributed by atoms with Crippen LogP contribution in [0, 0.1) is 5.92 Å². The molecule has 152 valence electrons. The van der Waals surface area contributed by atoms with Crippen LogP contribution in [0.5, 0.6) is 0 Å². The maximum atomic E-state index is 13.2. The second-order valence-corrected chi connectivity index (χ2v) is 8.94. The van der Waals surface area contributed by atoms with Crippen LogP contribution in [0.3, 0.4) is 0 Å². The van der Waals surface area contributed by atoms with Gasteiger partial charge in [0.1, 0.15) is 15.7 Å². The van der Waals surface area contributed by atoms with Crippen molar-refractivity contribution in [2.75, 3.05) is 5.73 Å². The number of nitrogen functional groups attached to an aromatic ring is 1. The van der Waals surface area contributed by atoms with Crippen LogP contribution in [0.25, 0.3) is 0 Å². The molecule has 0 amide bonds. The molecule has 3 heterocycles. The first-order chi connectivity index (χ1) is 14.3. The molecule has 0 saturated heterocycles. The summed E-state index contributed by atoms with van der Waals surface area (Å²) in [6.45, 7) is 3.37. The number of nitrogens with two attached hydrogens (primary N) is 1. The summed E-state index contributed by atoms with van der Waals surface area (Å²) in [5.41, 5.74) is 9.46. The molecule has 2 atom stereocenters. The van der Waals surface area contributed by atoms with Gasteiger partial charge in [0.15, 0.2) is 0 Å². The van der Waals surface area contributed by atoms with Crippen molar-refractivity contribution in [3.8, 4) is 0 Å². The minimum absolute atomic E-state index is 0.0151. The van der Waals surface area contributed by atoms with Gasteiger partial charge < -0.3 is 5.73 Å². The van der Waals surface area contributed by atoms with E-state index in [2.05, 4.69) is 9.98 Å². The van der Waals surface area contributed by atoms with Crippen LogP contribution >= 0.6 is 34.5 Å². The SMILES string of the molecule is CC(=O)C1C(C)=Nc2sc(C(=O)c3ccc(Cl)c(Cl)c3)c(N)c2C1c1cccnc1. The predicted octanol–water partition coefficient (Wildman–Crippen LogP) is 5.71. The molecule has 3 aromatic rings. The number of ketones is 2. The van der Waals surface area contributed by atoms with E-state index < -0.39 is 5.92 Å². The lowest BCUT2D eigenvalue weighted by atomic mass is 9.75. The number of Topliss-reactive ketones (excluding diaryl/α,β-unsaturated/α-hetero) is 1. The van der Waals surface area contributed by atoms with Gasteiger partial charge in [-0.3, -0.25) is 14.6 Å². The molecule has 2 unspecified atom stereocenters. The molecule has 30 heavy (non-hydrogen) atoms. The average Bonchev–Trinajstić information content (AvgIpc) is 3.04. The topological polar surface area (TPSA) is 85.4 Å². The third kappa shape index (κ3) is 3.45. The van der Waals surface area contributed by atoms with E-state index >= 15 is 0 Å². The van der Waals surface area contributed by atoms with Crippen LogP contribution in [0.2, 0.25) is 10.0 Å². The van der Waals surface area contributed by atoms with Gasteiger partial charge in [-0.15, -0.1) is 11.3 Å². The van der Waals surface area contributed by atoms with Gasteiger partial charge in [-0.1, -0.05) is 29.3 Å². The maximum Gasteiger partial charge on any atom is 0.205 e. The molecule has 0 radical (unpaired) electrons. The number of aliphatic imine (C=N–C) groups is 1. The van der Waals surface area contributed by atoms with Gasteiger partial charge in [-0.25, -0.2) is 4.99 Å². The molecule has 4 rings (SSSR count). The first-order valence-corrected chi connectivity index (χ1v) is 10.7. The van der Waals surface area contributed by atoms with Gasteiger partial charge in [-0.2, -0.15) is 0 Å². The zero-order valence-electron chi connectivity index (χ0n) is 16.1. The standard InChI is InChI=1S/C22H17Cl2N3O2S/c1-10-16(11(2)28)17(13-4-3-7-26-9-13)18-19(25)21(30-22(18)27-10)20(29)12-5-6-14(23)15(24)8-12/h3-9,16-17H,25H2,1-2H3. The summed E-state index contributed by atoms with van der Waals surface area (Å²) in [5.74, 6) is -1.09. The van der Waals surface area contributed by atoms with Crippen LogP contribution < -0.4 is 5.73 Å². The summed E-state index contributed by atoms with van der Waals surface area (Å²) in [5, 5.41) is 1.30. The highest BCUT2D eigenvalue weighted by Crippen LogP contribution is 2.51. The highest BCUT2D eigenvalue weighted by molar-refractivity contribution is 7.18. The second-order valence-electron chi connectivity index (χ2n) is 7.13. The van der Waals surface area contributed by atoms with Crippen LogP contribution in [-0.4, -0.2) is 22.3 Å². The zero-order chi connectivity index (χ0) is 21.6. The summed E-state index contributed by atoms with van der Waals surface area (Å²) in [6.07, 6.45) is 3.40. The Morgan fingerprint density at radius 3 is 2.57 bits per heavy atom. The molecule has 0 saturated carbocycles. The molecule has 1 aliphatic rings. The molecule has 2 N–H and O–H groups in total. The minimum Gasteiger partial charge on any atom is -0.397 e. The molecule has 0 aliphatic carbocycles. The van der Waals surface area contributed by atoms with Crippen molar-refractivity contribution in [2.24, 2.45) is 10.9 Å². The molecule has 8 heteroatoms. The van der Waals surface area contributed by atoms with Crippen molar-refractivity contribution in [1.82, 2.24) is 4.98 Å². The molecule has 1 aliphatic heterocycles. The molecular weight excluding hydrogens is 441 g/mol. The largest absolute Gasteiger partial charge is 0.397 e. The Bertz CT molecular complexity index is 1200. The van der Waals surface area contributed by atoms with E-state index in [1.807, 2.05) is 19.1 Å². The lowest BCUT2D eigenvalue weighted by molar-refractivity contribution is -0.119. The maximum absolute atomic E-state index is 13.2. The van der Waals surface area contributed by atoms with E-state index in [1.165, 1.54) is 17.4 Å². The number of pyridine rings is 1. The Morgan fingerprint density at radius 2 is 1.93 bits per heavy atom. The normalized spacial score (nSPS) is 17.9. The van der Waals surface area contributed by atoms with E-state index in [4.69, 9.17) is 28.9 Å². The molecule has 5 nitrogen and oxygen atoms in total. The number of thiophene rings is 1. The summed E-state index contributed by atoms with van der Waals surface area (Å²) in [4.78, 5) is 34.9. The lowest BCUT2D eigenvalue weighted by Crippen LogP contribution is -2.30. The lowest BCUT2D eigenvalue weighted by Gasteiger charge is -2.29. The average molecular weight is 458 g/mol. The smallest absolute Gasteiger partial charge is 0.205 e. The number of rotatable bonds is 4. The Hall–Kier alpha value is -2.54. The predicted molar refractivity (Wildman–Crippen MR) is 122 cm³/mol. The number of carbonyl (C=O) groups is 2. The molecular formula is C22H17Cl2N3O2S. The molecule has 1 aromatic carbocycles. The van der Waals surface area contributed by atoms with Crippen LogP contribution in [0.1, 0.15) is 46.1 Å². The number of hydrogen-bond donors (Lipinski definition) is 1. The summed E-state index contributed by atoms with van der Waals surface area (Å²) in [7, 11) is 0. The van der Waals surface area contributed by atoms with Crippen molar-refractivity contribution >= 4 is 62.5 Å². The van der Waals surface area contributed by atoms with E-state index in [-0.39, 0.29) is 17.5 Å². The number of fused-ring (bicyclic) bond motifs is 1. The summed E-state index contributed by atoms with van der Waals surface area (Å²) >= 11 is 13.3. The van der Waals surface area contributed by atoms with Crippen LogP contribution in [0.15, 0.2) is 47.7 Å². The number of aromatic nitrogens is 1. The van der Waals surface area contributed by atoms with E-state index in [9.17, 15) is 9.59 Å². The van der Waals surface area contributed by atoms with Crippen LogP contribution in [0.4, 0.5) is 10.7 Å². The van der Waals surface area contributed by atoms with Gasteiger partial charge in [-0.05, 0) is 43.7 Å². The fraction of sp³-hybridized carbons (Fsp3) is 0.182. The van der Waals surface area contributed by atoms with Crippen molar-refractivity contribution in [3.63, 3.8) is 0 Å². The van der Waals surface area contributed by atoms with E-state index in [1.54, 1.807) is 31.5 Å². The second kappa shape index (κ2) is 7.95. The van der Waals surface area contributed by atoms with Crippen molar-refractivity contribution < 1.29 is 9.59 Å². The molecule has 0 spiro atoms. The highest BCUT2D eigenvalue weighted by atomic mass is 35.5. The quantitative estimate of drug-likeness (QED) is 0.508. The Kier molecular flexibility index (Phi) is 5.49. The third-order valence-corrected chi connectivity index (χ3v) is 7.06. The zero-order valence-corrected chi connectivity index (χ0v) is 18.5. The summed E-state index contributed by atoms with van der Waals surface area (Å²) < 4.78 is 0. The number of anilines is 1. The fourth-order valence-electron chi connectivity index (χ4n) is 3.85. The highest BCUT2D eigenvalue weighted by Gasteiger charge is 2.39. The van der Waals surface area contributed by atoms with Gasteiger partial charge >= 0.3 is 0 Å². The van der Waals surface area contributed by atoms with Gasteiger partial charge in [0.2, 0.25) is 5.78 Å². The fourth-order valence-corrected chi connectivity index (χ4v) is 5.31. The number of benzene rings is 1. The Labute approximate surface area is 187 Å². The molecule has 2 aromatic heterocycles. The number of carbonyl (C=O) groups excluding carboxylic acids is 2. The van der Waals surface area contributed by atoms with Crippen molar-refractivity contribution in [2.45, 2.75) is 19.8 Å². The molecule has 0 bridgehead atoms. The first kappa shape index (κ1) is 20.7. The van der Waals surface area contributed by atoms with Crippen LogP contribution in [-0.2, 0) is 4.79 Å². The van der Waals surface area contributed by atoms with Gasteiger partial charge in [0.25, 0.3) is 0 Å². The van der Waals surface area contributed by atoms with Gasteiger partial charge in [0, 0.05) is 35.2 Å². The van der Waals surface area contributed by atoms with Gasteiger partial charge in [0.05, 0.1) is 21.7 Å². The van der Waals surface area contributed by atoms with Crippen molar-refractivity contribution in [1.29, 1.82) is 0 Å². The third-order valence-electron chi connectivity index (χ3n) is 5.21. The Morgan fingerprint density at radius 1 is 1.17 bits per heavy atom. The monoisotopic (exact) mass is 457 g/mol. The van der Waals surface area contributed by atoms with E-state index in [0.717, 1.165) is 5.56 Å². The first-order valence-electron chi connectivity index (χ1n) is 9.17. The summed E-state index contributed by atoms with van der Waals surface area (Å²) in [6, 6.07) is 8.44. The minimum atomic E-state index is -0.466. The number of hydrogen-bond acceptors (Lipinski definition) is 6. The Balaban J connectivity index is 1.89. The number of halogens is 2. The van der Waals surface area contributed by atoms with Crippen molar-refractivity contribution in [3.05, 3.63) is 74.3 Å². The molecule has 0 fully saturated rings. The van der Waals surface area contributed by atoms with E-state index in [0.29, 0.717) is 42.4 Å². The number of nitrogens with zero attached hydrogens (tertiary/aromatic N) is 2.